The molecule has 0 aromatic carbocycles. The smallest absolute Gasteiger partial charge is 0.0731 e. The van der Waals surface area contributed by atoms with Crippen molar-refractivity contribution in [1.29, 1.82) is 0 Å². The predicted octanol–water partition coefficient (Wildman–Crippen LogP) is 5.57. The number of unbranched alkanes of at least 4 members (excludes halogenated alkanes) is 5. The molecule has 0 spiro atoms. The van der Waals surface area contributed by atoms with Crippen LogP contribution in [0.5, 0.6) is 0 Å². The van der Waals surface area contributed by atoms with Gasteiger partial charge in [-0.25, -0.2) is 0 Å². The SMILES string of the molecule is CCCCCCCCC(N)c1cc(C)c(Br)s1. The second-order valence-electron chi connectivity index (χ2n) is 4.77. The molecule has 1 atom stereocenters. The minimum absolute atomic E-state index is 0.233. The molecule has 3 heteroatoms. The van der Waals surface area contributed by atoms with Crippen LogP contribution in [0.25, 0.3) is 0 Å². The number of halogens is 1. The Morgan fingerprint density at radius 2 is 1.88 bits per heavy atom. The number of thiophene rings is 1. The third-order valence-electron chi connectivity index (χ3n) is 3.11. The van der Waals surface area contributed by atoms with Crippen LogP contribution in [0.4, 0.5) is 0 Å². The summed E-state index contributed by atoms with van der Waals surface area (Å²) in [5.74, 6) is 0. The average molecular weight is 318 g/mol. The van der Waals surface area contributed by atoms with E-state index < -0.39 is 0 Å². The lowest BCUT2D eigenvalue weighted by atomic mass is 10.1. The van der Waals surface area contributed by atoms with E-state index in [1.165, 1.54) is 52.8 Å². The Morgan fingerprint density at radius 3 is 2.47 bits per heavy atom. The number of hydrogen-bond acceptors (Lipinski definition) is 2. The summed E-state index contributed by atoms with van der Waals surface area (Å²) >= 11 is 5.34. The minimum atomic E-state index is 0.233. The molecular weight excluding hydrogens is 294 g/mol. The summed E-state index contributed by atoms with van der Waals surface area (Å²) in [4.78, 5) is 1.32. The Hall–Kier alpha value is 0.140. The van der Waals surface area contributed by atoms with E-state index in [-0.39, 0.29) is 6.04 Å². The van der Waals surface area contributed by atoms with E-state index in [4.69, 9.17) is 5.73 Å². The Morgan fingerprint density at radius 1 is 1.24 bits per heavy atom. The van der Waals surface area contributed by atoms with Crippen LogP contribution in [0.1, 0.15) is 68.4 Å². The molecule has 0 fully saturated rings. The van der Waals surface area contributed by atoms with Gasteiger partial charge in [-0.3, -0.25) is 0 Å². The van der Waals surface area contributed by atoms with Crippen molar-refractivity contribution in [1.82, 2.24) is 0 Å². The van der Waals surface area contributed by atoms with Gasteiger partial charge in [0.15, 0.2) is 0 Å². The maximum absolute atomic E-state index is 6.21. The lowest BCUT2D eigenvalue weighted by molar-refractivity contribution is 0.551. The first-order valence-corrected chi connectivity index (χ1v) is 8.27. The van der Waals surface area contributed by atoms with Crippen molar-refractivity contribution in [3.05, 3.63) is 20.3 Å². The van der Waals surface area contributed by atoms with Crippen LogP contribution in [0.2, 0.25) is 0 Å². The molecule has 1 heterocycles. The Bertz CT molecular complexity index is 303. The molecule has 1 aromatic rings. The van der Waals surface area contributed by atoms with Gasteiger partial charge in [0, 0.05) is 10.9 Å². The summed E-state index contributed by atoms with van der Waals surface area (Å²) in [6.45, 7) is 4.38. The fourth-order valence-corrected chi connectivity index (χ4v) is 3.56. The van der Waals surface area contributed by atoms with E-state index in [2.05, 4.69) is 35.8 Å². The molecule has 0 aliphatic rings. The van der Waals surface area contributed by atoms with Crippen molar-refractivity contribution < 1.29 is 0 Å². The minimum Gasteiger partial charge on any atom is -0.323 e. The van der Waals surface area contributed by atoms with Crippen LogP contribution < -0.4 is 5.73 Å². The Kier molecular flexibility index (Phi) is 7.40. The molecule has 0 saturated heterocycles. The zero-order valence-electron chi connectivity index (χ0n) is 11.0. The summed E-state index contributed by atoms with van der Waals surface area (Å²) in [5.41, 5.74) is 7.52. The van der Waals surface area contributed by atoms with Gasteiger partial charge in [0.1, 0.15) is 0 Å². The van der Waals surface area contributed by atoms with Crippen LogP contribution in [-0.4, -0.2) is 0 Å². The molecular formula is C14H24BrNS. The quantitative estimate of drug-likeness (QED) is 0.623. The van der Waals surface area contributed by atoms with Crippen molar-refractivity contribution in [3.63, 3.8) is 0 Å². The highest BCUT2D eigenvalue weighted by atomic mass is 79.9. The highest BCUT2D eigenvalue weighted by molar-refractivity contribution is 9.11. The normalized spacial score (nSPS) is 12.9. The summed E-state index contributed by atoms with van der Waals surface area (Å²) in [6, 6.07) is 2.45. The highest BCUT2D eigenvalue weighted by Gasteiger charge is 2.10. The van der Waals surface area contributed by atoms with Crippen LogP contribution in [0.3, 0.4) is 0 Å². The fraction of sp³-hybridized carbons (Fsp3) is 0.714. The number of hydrogen-bond donors (Lipinski definition) is 1. The summed E-state index contributed by atoms with van der Waals surface area (Å²) < 4.78 is 1.23. The second-order valence-corrected chi connectivity index (χ2v) is 7.17. The van der Waals surface area contributed by atoms with E-state index in [0.29, 0.717) is 0 Å². The van der Waals surface area contributed by atoms with Crippen LogP contribution >= 0.6 is 27.3 Å². The first kappa shape index (κ1) is 15.2. The third kappa shape index (κ3) is 5.54. The van der Waals surface area contributed by atoms with E-state index in [1.807, 2.05) is 0 Å². The lowest BCUT2D eigenvalue weighted by Gasteiger charge is -2.08. The van der Waals surface area contributed by atoms with Crippen LogP contribution in [0.15, 0.2) is 9.85 Å². The zero-order valence-corrected chi connectivity index (χ0v) is 13.4. The van der Waals surface area contributed by atoms with Crippen LogP contribution in [-0.2, 0) is 0 Å². The van der Waals surface area contributed by atoms with Gasteiger partial charge in [-0.05, 0) is 40.9 Å². The fourth-order valence-electron chi connectivity index (χ4n) is 1.95. The van der Waals surface area contributed by atoms with Gasteiger partial charge in [0.25, 0.3) is 0 Å². The van der Waals surface area contributed by atoms with E-state index in [0.717, 1.165) is 6.42 Å². The topological polar surface area (TPSA) is 26.0 Å². The van der Waals surface area contributed by atoms with Gasteiger partial charge in [-0.15, -0.1) is 11.3 Å². The average Bonchev–Trinajstić information content (AvgIpc) is 2.64. The lowest BCUT2D eigenvalue weighted by Crippen LogP contribution is -2.08. The molecule has 0 saturated carbocycles. The van der Waals surface area contributed by atoms with E-state index >= 15 is 0 Å². The van der Waals surface area contributed by atoms with E-state index in [9.17, 15) is 0 Å². The molecule has 98 valence electrons. The van der Waals surface area contributed by atoms with Crippen molar-refractivity contribution in [3.8, 4) is 0 Å². The van der Waals surface area contributed by atoms with Crippen LogP contribution in [0, 0.1) is 6.92 Å². The largest absolute Gasteiger partial charge is 0.323 e. The Balaban J connectivity index is 2.19. The number of rotatable bonds is 8. The molecule has 2 N–H and O–H groups in total. The van der Waals surface area contributed by atoms with Crippen molar-refractivity contribution in [2.45, 2.75) is 64.8 Å². The maximum Gasteiger partial charge on any atom is 0.0731 e. The zero-order chi connectivity index (χ0) is 12.7. The molecule has 0 bridgehead atoms. The molecule has 0 aliphatic heterocycles. The molecule has 1 nitrogen and oxygen atoms in total. The van der Waals surface area contributed by atoms with Crippen molar-refractivity contribution in [2.75, 3.05) is 0 Å². The molecule has 1 aromatic heterocycles. The molecule has 0 amide bonds. The summed E-state index contributed by atoms with van der Waals surface area (Å²) in [7, 11) is 0. The predicted molar refractivity (Wildman–Crippen MR) is 81.7 cm³/mol. The summed E-state index contributed by atoms with van der Waals surface area (Å²) in [6.07, 6.45) is 9.17. The molecule has 1 unspecified atom stereocenters. The van der Waals surface area contributed by atoms with E-state index in [1.54, 1.807) is 11.3 Å². The molecule has 17 heavy (non-hydrogen) atoms. The van der Waals surface area contributed by atoms with Gasteiger partial charge in [0.2, 0.25) is 0 Å². The van der Waals surface area contributed by atoms with Gasteiger partial charge < -0.3 is 5.73 Å². The molecule has 0 radical (unpaired) electrons. The standard InChI is InChI=1S/C14H24BrNS/c1-3-4-5-6-7-8-9-12(16)13-10-11(2)14(15)17-13/h10,12H,3-9,16H2,1-2H3. The monoisotopic (exact) mass is 317 g/mol. The first-order valence-electron chi connectivity index (χ1n) is 6.66. The molecule has 0 aliphatic carbocycles. The molecule has 1 rings (SSSR count). The van der Waals surface area contributed by atoms with Gasteiger partial charge in [-0.2, -0.15) is 0 Å². The number of nitrogens with two attached hydrogens (primary N) is 1. The summed E-state index contributed by atoms with van der Waals surface area (Å²) in [5, 5.41) is 0. The third-order valence-corrected chi connectivity index (χ3v) is 5.38. The van der Waals surface area contributed by atoms with Gasteiger partial charge >= 0.3 is 0 Å². The van der Waals surface area contributed by atoms with Crippen molar-refractivity contribution >= 4 is 27.3 Å². The number of aryl methyl sites for hydroxylation is 1. The second kappa shape index (κ2) is 8.28. The van der Waals surface area contributed by atoms with Gasteiger partial charge in [0.05, 0.1) is 3.79 Å². The van der Waals surface area contributed by atoms with Gasteiger partial charge in [-0.1, -0.05) is 45.4 Å². The first-order chi connectivity index (χ1) is 8.15. The maximum atomic E-state index is 6.21. The van der Waals surface area contributed by atoms with Crippen molar-refractivity contribution in [2.24, 2.45) is 5.73 Å². The Labute approximate surface area is 118 Å². The highest BCUT2D eigenvalue weighted by Crippen LogP contribution is 2.32.